The number of rotatable bonds is 20. The third-order valence-electron chi connectivity index (χ3n) is 7.12. The second-order valence-electron chi connectivity index (χ2n) is 10.7. The molecule has 2 N–H and O–H groups in total. The molecule has 1 unspecified atom stereocenters. The number of unbranched alkanes of at least 4 members (excludes halogenated alkanes) is 8. The Bertz CT molecular complexity index is 1450. The molecule has 2 aromatic carbocycles. The van der Waals surface area contributed by atoms with Crippen molar-refractivity contribution in [3.8, 4) is 28.6 Å². The summed E-state index contributed by atoms with van der Waals surface area (Å²) in [6.45, 7) is 6.22. The van der Waals surface area contributed by atoms with E-state index in [0.29, 0.717) is 25.1 Å². The number of halogens is 1. The molecule has 0 radical (unpaired) electrons. The van der Waals surface area contributed by atoms with E-state index in [1.54, 1.807) is 0 Å². The summed E-state index contributed by atoms with van der Waals surface area (Å²) in [5.41, 5.74) is 5.80. The van der Waals surface area contributed by atoms with E-state index in [1.807, 2.05) is 37.3 Å². The van der Waals surface area contributed by atoms with E-state index in [2.05, 4.69) is 16.5 Å². The Kier molecular flexibility index (Phi) is 14.6. The van der Waals surface area contributed by atoms with Gasteiger partial charge in [0.25, 0.3) is 0 Å². The van der Waals surface area contributed by atoms with Gasteiger partial charge in [-0.25, -0.2) is 23.9 Å². The molecule has 0 fully saturated rings. The Hall–Kier alpha value is -4.87. The first-order valence-corrected chi connectivity index (χ1v) is 15.6. The molecule has 3 rings (SSSR count). The Morgan fingerprint density at radius 3 is 2.33 bits per heavy atom. The second-order valence-corrected chi connectivity index (χ2v) is 10.7. The number of benzene rings is 2. The molecular weight excluding hydrogens is 595 g/mol. The van der Waals surface area contributed by atoms with Crippen molar-refractivity contribution in [3.05, 3.63) is 77.1 Å². The lowest BCUT2D eigenvalue weighted by atomic mass is 10.1. The van der Waals surface area contributed by atoms with Gasteiger partial charge in [-0.3, -0.25) is 10.1 Å². The van der Waals surface area contributed by atoms with E-state index in [9.17, 15) is 24.1 Å². The summed E-state index contributed by atoms with van der Waals surface area (Å²) >= 11 is 0. The van der Waals surface area contributed by atoms with Gasteiger partial charge in [0.15, 0.2) is 6.17 Å². The van der Waals surface area contributed by atoms with Crippen LogP contribution in [0.15, 0.2) is 61.4 Å². The van der Waals surface area contributed by atoms with Gasteiger partial charge >= 0.3 is 17.6 Å². The van der Waals surface area contributed by atoms with Crippen LogP contribution in [0.5, 0.6) is 17.4 Å². The van der Waals surface area contributed by atoms with E-state index in [1.165, 1.54) is 44.5 Å². The predicted octanol–water partition coefficient (Wildman–Crippen LogP) is 7.97. The lowest BCUT2D eigenvalue weighted by molar-refractivity contribution is -0.385. The van der Waals surface area contributed by atoms with E-state index in [-0.39, 0.29) is 23.6 Å². The second kappa shape index (κ2) is 18.8. The number of alkyl halides is 1. The number of nitrogens with two attached hydrogens (primary N) is 1. The van der Waals surface area contributed by atoms with Gasteiger partial charge in [-0.2, -0.15) is 0 Å². The number of anilines is 1. The summed E-state index contributed by atoms with van der Waals surface area (Å²) in [7, 11) is 0. The zero-order valence-corrected chi connectivity index (χ0v) is 26.1. The molecule has 0 saturated heterocycles. The fraction of sp³-hybridized carbons (Fsp3) is 0.412. The molecule has 0 bridgehead atoms. The number of carbonyl (C=O) groups is 2. The minimum Gasteiger partial charge on any atom is -0.494 e. The normalized spacial score (nSPS) is 11.4. The Balaban J connectivity index is 1.53. The van der Waals surface area contributed by atoms with Crippen LogP contribution in [0, 0.1) is 10.1 Å². The van der Waals surface area contributed by atoms with Gasteiger partial charge in [0.1, 0.15) is 5.75 Å². The maximum atomic E-state index is 14.1. The molecule has 0 saturated carbocycles. The average molecular weight is 637 g/mol. The number of nitro groups is 1. The van der Waals surface area contributed by atoms with Gasteiger partial charge in [-0.05, 0) is 49.9 Å². The first-order chi connectivity index (χ1) is 22.2. The van der Waals surface area contributed by atoms with Crippen molar-refractivity contribution in [2.45, 2.75) is 83.7 Å². The number of hydrogen-bond donors (Lipinski definition) is 1. The molecule has 1 atom stereocenters. The maximum absolute atomic E-state index is 14.1. The highest BCUT2D eigenvalue weighted by Gasteiger charge is 2.27. The number of ether oxygens (including phenoxy) is 3. The highest BCUT2D eigenvalue weighted by molar-refractivity contribution is 5.98. The summed E-state index contributed by atoms with van der Waals surface area (Å²) in [5, 5.41) is 11.6. The number of nitrogen functional groups attached to an aromatic ring is 1. The van der Waals surface area contributed by atoms with Crippen LogP contribution >= 0.6 is 0 Å². The largest absolute Gasteiger partial charge is 0.494 e. The monoisotopic (exact) mass is 636 g/mol. The average Bonchev–Trinajstić information content (AvgIpc) is 3.05. The minimum atomic E-state index is -1.95. The van der Waals surface area contributed by atoms with Crippen LogP contribution in [0.1, 0.15) is 87.9 Å². The fourth-order valence-electron chi connectivity index (χ4n) is 4.51. The Labute approximate surface area is 268 Å². The number of hydrogen-bond acceptors (Lipinski definition) is 10. The molecule has 46 heavy (non-hydrogen) atoms. The quantitative estimate of drug-likeness (QED) is 0.0245. The molecule has 0 aliphatic heterocycles. The number of nitrogens with zero attached hydrogens (tertiary/aromatic N) is 3. The van der Waals surface area contributed by atoms with Crippen molar-refractivity contribution < 1.29 is 33.1 Å². The first-order valence-electron chi connectivity index (χ1n) is 15.6. The van der Waals surface area contributed by atoms with Crippen LogP contribution in [-0.2, 0) is 4.79 Å². The van der Waals surface area contributed by atoms with Crippen molar-refractivity contribution in [3.63, 3.8) is 0 Å². The summed E-state index contributed by atoms with van der Waals surface area (Å²) < 4.78 is 30.0. The molecule has 0 spiro atoms. The number of aromatic nitrogens is 2. The van der Waals surface area contributed by atoms with Crippen LogP contribution in [-0.4, -0.2) is 39.6 Å². The molecule has 1 aromatic heterocycles. The van der Waals surface area contributed by atoms with Crippen LogP contribution in [0.25, 0.3) is 11.3 Å². The molecule has 0 aliphatic carbocycles. The van der Waals surface area contributed by atoms with Crippen molar-refractivity contribution in [1.82, 2.24) is 9.97 Å². The standard InChI is InChI=1S/C34H41FN4O7/c1-3-5-7-8-9-10-11-12-13-19-44-25-17-15-24(16-18-25)29-22-38-32(23-37-29)46-33(40)26-20-30(39(42)43)31(21-28(26)36)45-34(41)27(35)14-6-4-2/h3,15-18,20-23,27H,1,4-14,19,36H2,2H3. The lowest BCUT2D eigenvalue weighted by Crippen LogP contribution is -2.22. The van der Waals surface area contributed by atoms with Gasteiger partial charge in [0, 0.05) is 17.7 Å². The van der Waals surface area contributed by atoms with Gasteiger partial charge in [0.2, 0.25) is 11.6 Å². The Morgan fingerprint density at radius 2 is 1.70 bits per heavy atom. The van der Waals surface area contributed by atoms with Crippen LogP contribution < -0.4 is 19.9 Å². The molecule has 246 valence electrons. The lowest BCUT2D eigenvalue weighted by Gasteiger charge is -2.11. The third-order valence-corrected chi connectivity index (χ3v) is 7.12. The van der Waals surface area contributed by atoms with E-state index < -0.39 is 34.5 Å². The molecule has 0 amide bonds. The van der Waals surface area contributed by atoms with E-state index in [0.717, 1.165) is 42.7 Å². The summed E-state index contributed by atoms with van der Waals surface area (Å²) in [6, 6.07) is 9.10. The van der Waals surface area contributed by atoms with Gasteiger partial charge < -0.3 is 19.9 Å². The zero-order valence-electron chi connectivity index (χ0n) is 26.1. The molecular formula is C34H41FN4O7. The van der Waals surface area contributed by atoms with E-state index >= 15 is 0 Å². The zero-order chi connectivity index (χ0) is 33.3. The van der Waals surface area contributed by atoms with Gasteiger partial charge in [-0.1, -0.05) is 57.9 Å². The topological polar surface area (TPSA) is 157 Å². The maximum Gasteiger partial charge on any atom is 0.347 e. The molecule has 11 nitrogen and oxygen atoms in total. The molecule has 12 heteroatoms. The minimum absolute atomic E-state index is 0.0830. The molecule has 0 aliphatic rings. The number of carbonyl (C=O) groups excluding carboxylic acids is 2. The fourth-order valence-corrected chi connectivity index (χ4v) is 4.51. The van der Waals surface area contributed by atoms with Crippen molar-refractivity contribution in [1.29, 1.82) is 0 Å². The highest BCUT2D eigenvalue weighted by atomic mass is 19.1. The van der Waals surface area contributed by atoms with Crippen molar-refractivity contribution in [2.75, 3.05) is 12.3 Å². The number of esters is 2. The first kappa shape index (κ1) is 35.6. The van der Waals surface area contributed by atoms with Crippen LogP contribution in [0.3, 0.4) is 0 Å². The number of nitro benzene ring substituents is 1. The summed E-state index contributed by atoms with van der Waals surface area (Å²) in [4.78, 5) is 44.0. The SMILES string of the molecule is C=CCCCCCCCCCOc1ccc(-c2cnc(OC(=O)c3cc([N+](=O)[O-])c(OC(=O)C(F)CCCC)cc3N)cn2)cc1. The van der Waals surface area contributed by atoms with Crippen LogP contribution in [0.4, 0.5) is 15.8 Å². The summed E-state index contributed by atoms with van der Waals surface area (Å²) in [5.74, 6) is -2.32. The third kappa shape index (κ3) is 11.2. The van der Waals surface area contributed by atoms with E-state index in [4.69, 9.17) is 19.9 Å². The molecule has 1 heterocycles. The number of allylic oxidation sites excluding steroid dienone is 1. The summed E-state index contributed by atoms with van der Waals surface area (Å²) in [6.07, 6.45) is 13.1. The highest BCUT2D eigenvalue weighted by Crippen LogP contribution is 2.33. The van der Waals surface area contributed by atoms with Gasteiger partial charge in [-0.15, -0.1) is 6.58 Å². The molecule has 3 aromatic rings. The van der Waals surface area contributed by atoms with Gasteiger partial charge in [0.05, 0.1) is 40.9 Å². The van der Waals surface area contributed by atoms with Crippen LogP contribution in [0.2, 0.25) is 0 Å². The Morgan fingerprint density at radius 1 is 1.00 bits per heavy atom. The van der Waals surface area contributed by atoms with Crippen molar-refractivity contribution >= 4 is 23.3 Å². The smallest absolute Gasteiger partial charge is 0.347 e. The predicted molar refractivity (Wildman–Crippen MR) is 173 cm³/mol. The van der Waals surface area contributed by atoms with Crippen molar-refractivity contribution in [2.24, 2.45) is 0 Å².